The number of thiophene rings is 1. The van der Waals surface area contributed by atoms with Crippen LogP contribution in [-0.2, 0) is 15.1 Å². The Morgan fingerprint density at radius 1 is 1.00 bits per heavy atom. The van der Waals surface area contributed by atoms with Gasteiger partial charge in [-0.25, -0.2) is 9.18 Å². The van der Waals surface area contributed by atoms with Gasteiger partial charge in [0.25, 0.3) is 5.60 Å². The minimum Gasteiger partial charge on any atom is -0.466 e. The zero-order valence-corrected chi connectivity index (χ0v) is 16.2. The molecular weight excluding hydrogens is 408 g/mol. The summed E-state index contributed by atoms with van der Waals surface area (Å²) in [5.41, 5.74) is -2.33. The average Bonchev–Trinajstić information content (AvgIpc) is 3.04. The van der Waals surface area contributed by atoms with Gasteiger partial charge in [0.05, 0.1) is 12.0 Å². The molecule has 0 fully saturated rings. The van der Waals surface area contributed by atoms with Crippen molar-refractivity contribution in [3.05, 3.63) is 70.9 Å². The highest BCUT2D eigenvalue weighted by molar-refractivity contribution is 7.16. The Morgan fingerprint density at radius 3 is 2.10 bits per heavy atom. The van der Waals surface area contributed by atoms with E-state index >= 15 is 0 Å². The minimum atomic E-state index is -5.30. The molecule has 1 atom stereocenters. The Bertz CT molecular complexity index is 1030. The van der Waals surface area contributed by atoms with Crippen LogP contribution in [0.1, 0.15) is 10.4 Å². The first kappa shape index (κ1) is 21.0. The SMILES string of the molecule is COC(=O)C(O)(c1sc(-c2ccccc2)c(-c2ccc(F)cc2)c1C)C(F)(F)F. The van der Waals surface area contributed by atoms with Crippen LogP contribution in [-0.4, -0.2) is 24.4 Å². The molecule has 152 valence electrons. The summed E-state index contributed by atoms with van der Waals surface area (Å²) in [6.07, 6.45) is -5.30. The fourth-order valence-electron chi connectivity index (χ4n) is 3.10. The molecule has 2 aromatic carbocycles. The number of benzene rings is 2. The van der Waals surface area contributed by atoms with Gasteiger partial charge in [-0.3, -0.25) is 0 Å². The molecule has 8 heteroatoms. The van der Waals surface area contributed by atoms with Crippen molar-refractivity contribution in [3.63, 3.8) is 0 Å². The number of alkyl halides is 3. The molecule has 0 saturated heterocycles. The van der Waals surface area contributed by atoms with E-state index in [9.17, 15) is 27.5 Å². The second kappa shape index (κ2) is 7.61. The lowest BCUT2D eigenvalue weighted by molar-refractivity contribution is -0.265. The first-order chi connectivity index (χ1) is 13.6. The molecule has 0 aliphatic rings. The van der Waals surface area contributed by atoms with Gasteiger partial charge in [-0.05, 0) is 35.7 Å². The molecule has 0 spiro atoms. The molecule has 1 N–H and O–H groups in total. The highest BCUT2D eigenvalue weighted by Gasteiger charge is 2.63. The third-order valence-corrected chi connectivity index (χ3v) is 5.98. The van der Waals surface area contributed by atoms with Crippen LogP contribution in [0.3, 0.4) is 0 Å². The number of esters is 1. The molecular formula is C21H16F4O3S. The Morgan fingerprint density at radius 2 is 1.59 bits per heavy atom. The predicted octanol–water partition coefficient (Wildman–Crippen LogP) is 5.45. The van der Waals surface area contributed by atoms with Gasteiger partial charge in [0.1, 0.15) is 5.82 Å². The van der Waals surface area contributed by atoms with Gasteiger partial charge in [-0.2, -0.15) is 13.2 Å². The van der Waals surface area contributed by atoms with Gasteiger partial charge < -0.3 is 9.84 Å². The molecule has 0 aliphatic carbocycles. The number of methoxy groups -OCH3 is 1. The van der Waals surface area contributed by atoms with Gasteiger partial charge in [-0.15, -0.1) is 11.3 Å². The monoisotopic (exact) mass is 424 g/mol. The summed E-state index contributed by atoms with van der Waals surface area (Å²) in [4.78, 5) is 11.9. The molecule has 1 heterocycles. The standard InChI is InChI=1S/C21H16F4O3S/c1-12-16(13-8-10-15(22)11-9-13)17(14-6-4-3-5-7-14)29-18(12)20(27,19(26)28-2)21(23,24)25/h3-11,27H,1-2H3. The largest absolute Gasteiger partial charge is 0.466 e. The third-order valence-electron chi connectivity index (χ3n) is 4.54. The number of hydrogen-bond acceptors (Lipinski definition) is 4. The van der Waals surface area contributed by atoms with Crippen molar-refractivity contribution >= 4 is 17.3 Å². The Labute approximate surface area is 168 Å². The zero-order valence-electron chi connectivity index (χ0n) is 15.4. The molecule has 0 bridgehead atoms. The molecule has 3 aromatic rings. The van der Waals surface area contributed by atoms with E-state index in [1.807, 2.05) is 0 Å². The van der Waals surface area contributed by atoms with Crippen molar-refractivity contribution in [3.8, 4) is 21.6 Å². The van der Waals surface area contributed by atoms with Crippen LogP contribution < -0.4 is 0 Å². The van der Waals surface area contributed by atoms with E-state index in [0.717, 1.165) is 7.11 Å². The van der Waals surface area contributed by atoms with Gasteiger partial charge in [-0.1, -0.05) is 42.5 Å². The Kier molecular flexibility index (Phi) is 5.51. The quantitative estimate of drug-likeness (QED) is 0.447. The van der Waals surface area contributed by atoms with Crippen LogP contribution in [0.25, 0.3) is 21.6 Å². The van der Waals surface area contributed by atoms with Gasteiger partial charge in [0, 0.05) is 10.4 Å². The van der Waals surface area contributed by atoms with Gasteiger partial charge in [0.2, 0.25) is 0 Å². The van der Waals surface area contributed by atoms with Crippen LogP contribution in [0.15, 0.2) is 54.6 Å². The average molecular weight is 424 g/mol. The predicted molar refractivity (Wildman–Crippen MR) is 102 cm³/mol. The summed E-state index contributed by atoms with van der Waals surface area (Å²) in [5.74, 6) is -2.32. The van der Waals surface area contributed by atoms with Crippen LogP contribution in [0.5, 0.6) is 0 Å². The summed E-state index contributed by atoms with van der Waals surface area (Å²) in [6.45, 7) is 1.39. The highest BCUT2D eigenvalue weighted by atomic mass is 32.1. The first-order valence-electron chi connectivity index (χ1n) is 8.44. The zero-order chi connectivity index (χ0) is 21.4. The van der Waals surface area contributed by atoms with E-state index in [1.165, 1.54) is 31.2 Å². The van der Waals surface area contributed by atoms with Gasteiger partial charge in [0.15, 0.2) is 0 Å². The van der Waals surface area contributed by atoms with E-state index in [2.05, 4.69) is 4.74 Å². The Hall–Kier alpha value is -2.71. The van der Waals surface area contributed by atoms with Crippen LogP contribution in [0.2, 0.25) is 0 Å². The van der Waals surface area contributed by atoms with E-state index in [0.29, 0.717) is 32.9 Å². The summed E-state index contributed by atoms with van der Waals surface area (Å²) in [7, 11) is 0.779. The number of halogens is 4. The molecule has 1 aromatic heterocycles. The lowest BCUT2D eigenvalue weighted by atomic mass is 9.92. The van der Waals surface area contributed by atoms with Crippen molar-refractivity contribution in [2.45, 2.75) is 18.7 Å². The summed E-state index contributed by atoms with van der Waals surface area (Å²) >= 11 is 0.651. The Balaban J connectivity index is 2.36. The molecule has 0 amide bonds. The molecule has 29 heavy (non-hydrogen) atoms. The smallest absolute Gasteiger partial charge is 0.433 e. The molecule has 0 saturated carbocycles. The molecule has 0 radical (unpaired) electrons. The molecule has 0 aliphatic heterocycles. The van der Waals surface area contributed by atoms with E-state index in [1.54, 1.807) is 30.3 Å². The lowest BCUT2D eigenvalue weighted by Crippen LogP contribution is -2.49. The maximum atomic E-state index is 13.8. The maximum absolute atomic E-state index is 13.8. The first-order valence-corrected chi connectivity index (χ1v) is 9.25. The van der Waals surface area contributed by atoms with E-state index in [4.69, 9.17) is 0 Å². The number of carbonyl (C=O) groups excluding carboxylic acids is 1. The number of rotatable bonds is 4. The highest BCUT2D eigenvalue weighted by Crippen LogP contribution is 2.51. The van der Waals surface area contributed by atoms with E-state index in [-0.39, 0.29) is 5.56 Å². The van der Waals surface area contributed by atoms with Crippen LogP contribution in [0.4, 0.5) is 17.6 Å². The van der Waals surface area contributed by atoms with Crippen molar-refractivity contribution in [2.24, 2.45) is 0 Å². The van der Waals surface area contributed by atoms with Crippen LogP contribution in [0, 0.1) is 12.7 Å². The van der Waals surface area contributed by atoms with E-state index < -0.39 is 28.4 Å². The number of aliphatic hydroxyl groups is 1. The number of ether oxygens (including phenoxy) is 1. The topological polar surface area (TPSA) is 46.5 Å². The van der Waals surface area contributed by atoms with Crippen molar-refractivity contribution in [1.29, 1.82) is 0 Å². The number of carbonyl (C=O) groups is 1. The summed E-state index contributed by atoms with van der Waals surface area (Å²) < 4.78 is 59.1. The fourth-order valence-corrected chi connectivity index (χ4v) is 4.53. The number of hydrogen-bond donors (Lipinski definition) is 1. The van der Waals surface area contributed by atoms with Crippen LogP contribution >= 0.6 is 11.3 Å². The summed E-state index contributed by atoms with van der Waals surface area (Å²) in [6, 6.07) is 13.8. The lowest BCUT2D eigenvalue weighted by Gasteiger charge is -2.27. The second-order valence-electron chi connectivity index (χ2n) is 6.33. The second-order valence-corrected chi connectivity index (χ2v) is 7.35. The fraction of sp³-hybridized carbons (Fsp3) is 0.190. The minimum absolute atomic E-state index is 0.0608. The van der Waals surface area contributed by atoms with Crippen molar-refractivity contribution < 1.29 is 32.2 Å². The molecule has 3 nitrogen and oxygen atoms in total. The molecule has 3 rings (SSSR count). The molecule has 1 unspecified atom stereocenters. The maximum Gasteiger partial charge on any atom is 0.433 e. The van der Waals surface area contributed by atoms with Crippen molar-refractivity contribution in [1.82, 2.24) is 0 Å². The van der Waals surface area contributed by atoms with Gasteiger partial charge >= 0.3 is 12.1 Å². The van der Waals surface area contributed by atoms with Crippen molar-refractivity contribution in [2.75, 3.05) is 7.11 Å². The third kappa shape index (κ3) is 3.54. The summed E-state index contributed by atoms with van der Waals surface area (Å²) in [5, 5.41) is 10.5. The normalized spacial score (nSPS) is 13.8.